The highest BCUT2D eigenvalue weighted by atomic mass is 19.4. The molecule has 226 valence electrons. The van der Waals surface area contributed by atoms with Gasteiger partial charge in [-0.25, -0.2) is 9.79 Å². The number of imide groups is 1. The minimum Gasteiger partial charge on any atom is -0.493 e. The number of rotatable bonds is 10. The second-order valence-electron chi connectivity index (χ2n) is 8.78. The molecular weight excluding hydrogens is 565 g/mol. The number of halogens is 3. The molecule has 12 nitrogen and oxygen atoms in total. The van der Waals surface area contributed by atoms with E-state index in [-0.39, 0.29) is 42.9 Å². The van der Waals surface area contributed by atoms with Crippen molar-refractivity contribution in [1.82, 2.24) is 10.2 Å². The van der Waals surface area contributed by atoms with Crippen molar-refractivity contribution in [2.45, 2.75) is 38.4 Å². The zero-order chi connectivity index (χ0) is 31.6. The number of amides is 3. The standard InChI is InChI=1S/C25H28N4O6.C2HF3O2/c1-15(19(30)9-6-12-29-23(32)17-7-4-5-8-18(17)24(29)33)27-25(26)28-22(31)14-16-10-11-20(34-2)21(13-16)35-3;3-2(4,5)1(6)7/h4-5,7-8,10-11,13,15H,6,9,12,14H2,1-3H3,(H3,26,27,28,31);(H,6,7)/t15-;/m1./s1. The Hall–Kier alpha value is -4.95. The highest BCUT2D eigenvalue weighted by Crippen LogP contribution is 2.27. The number of aliphatic carboxylic acids is 1. The van der Waals surface area contributed by atoms with Crippen molar-refractivity contribution in [1.29, 1.82) is 0 Å². The molecule has 0 aliphatic carbocycles. The van der Waals surface area contributed by atoms with Crippen LogP contribution in [0.1, 0.15) is 46.0 Å². The van der Waals surface area contributed by atoms with Crippen LogP contribution in [0.4, 0.5) is 13.2 Å². The summed E-state index contributed by atoms with van der Waals surface area (Å²) in [5, 5.41) is 9.59. The topological polar surface area (TPSA) is 178 Å². The molecule has 0 bridgehead atoms. The second kappa shape index (κ2) is 14.6. The predicted molar refractivity (Wildman–Crippen MR) is 142 cm³/mol. The number of guanidine groups is 1. The summed E-state index contributed by atoms with van der Waals surface area (Å²) in [5.41, 5.74) is 7.24. The van der Waals surface area contributed by atoms with E-state index in [4.69, 9.17) is 25.1 Å². The average molecular weight is 595 g/mol. The number of benzene rings is 2. The fourth-order valence-electron chi connectivity index (χ4n) is 3.74. The Morgan fingerprint density at radius 2 is 1.57 bits per heavy atom. The number of nitrogens with two attached hydrogens (primary N) is 1. The van der Waals surface area contributed by atoms with Gasteiger partial charge in [0, 0.05) is 13.0 Å². The number of carbonyl (C=O) groups is 5. The molecule has 0 spiro atoms. The molecule has 1 heterocycles. The third-order valence-corrected chi connectivity index (χ3v) is 5.80. The summed E-state index contributed by atoms with van der Waals surface area (Å²) in [6.07, 6.45) is -4.65. The van der Waals surface area contributed by atoms with E-state index in [1.165, 1.54) is 14.2 Å². The van der Waals surface area contributed by atoms with Gasteiger partial charge in [0.05, 0.1) is 31.8 Å². The Bertz CT molecular complexity index is 1340. The zero-order valence-corrected chi connectivity index (χ0v) is 22.9. The lowest BCUT2D eigenvalue weighted by Gasteiger charge is -2.14. The van der Waals surface area contributed by atoms with E-state index < -0.39 is 24.1 Å². The molecule has 0 aromatic heterocycles. The van der Waals surface area contributed by atoms with Gasteiger partial charge in [-0.1, -0.05) is 18.2 Å². The predicted octanol–water partition coefficient (Wildman–Crippen LogP) is 2.34. The summed E-state index contributed by atoms with van der Waals surface area (Å²) < 4.78 is 42.1. The highest BCUT2D eigenvalue weighted by molar-refractivity contribution is 6.21. The van der Waals surface area contributed by atoms with Crippen LogP contribution in [0.3, 0.4) is 0 Å². The number of aliphatic imine (C=N–C) groups is 1. The fourth-order valence-corrected chi connectivity index (χ4v) is 3.74. The summed E-state index contributed by atoms with van der Waals surface area (Å²) in [6.45, 7) is 1.70. The maximum absolute atomic E-state index is 12.5. The first kappa shape index (κ1) is 33.3. The molecule has 0 fully saturated rings. The molecular formula is C27H29F3N4O8. The maximum atomic E-state index is 12.5. The summed E-state index contributed by atoms with van der Waals surface area (Å²) in [4.78, 5) is 63.6. The van der Waals surface area contributed by atoms with E-state index >= 15 is 0 Å². The van der Waals surface area contributed by atoms with Gasteiger partial charge in [-0.2, -0.15) is 13.2 Å². The number of fused-ring (bicyclic) bond motifs is 1. The number of alkyl halides is 3. The molecule has 0 unspecified atom stereocenters. The van der Waals surface area contributed by atoms with Gasteiger partial charge in [0.2, 0.25) is 5.91 Å². The number of hydrogen-bond donors (Lipinski definition) is 3. The molecule has 2 aromatic carbocycles. The first-order valence-corrected chi connectivity index (χ1v) is 12.3. The van der Waals surface area contributed by atoms with Crippen molar-refractivity contribution in [3.8, 4) is 11.5 Å². The van der Waals surface area contributed by atoms with E-state index in [0.29, 0.717) is 34.6 Å². The lowest BCUT2D eigenvalue weighted by Crippen LogP contribution is -2.39. The van der Waals surface area contributed by atoms with Gasteiger partial charge in [0.1, 0.15) is 6.04 Å². The van der Waals surface area contributed by atoms with Crippen molar-refractivity contribution in [2.24, 2.45) is 10.7 Å². The van der Waals surface area contributed by atoms with Crippen LogP contribution < -0.4 is 20.5 Å². The van der Waals surface area contributed by atoms with Crippen LogP contribution in [0.15, 0.2) is 47.5 Å². The minimum absolute atomic E-state index is 0.0270. The van der Waals surface area contributed by atoms with Crippen LogP contribution in [-0.2, 0) is 20.8 Å². The Morgan fingerprint density at radius 3 is 2.07 bits per heavy atom. The molecule has 0 saturated heterocycles. The number of nitrogens with zero attached hydrogens (tertiary/aromatic N) is 2. The normalized spacial score (nSPS) is 13.5. The Balaban J connectivity index is 0.000000782. The summed E-state index contributed by atoms with van der Waals surface area (Å²) in [5.74, 6) is -3.21. The number of hydrogen-bond acceptors (Lipinski definition) is 8. The summed E-state index contributed by atoms with van der Waals surface area (Å²) in [6, 6.07) is 10.9. The van der Waals surface area contributed by atoms with Crippen molar-refractivity contribution >= 4 is 35.4 Å². The van der Waals surface area contributed by atoms with Gasteiger partial charge in [-0.05, 0) is 43.2 Å². The third-order valence-electron chi connectivity index (χ3n) is 5.80. The zero-order valence-electron chi connectivity index (χ0n) is 22.9. The first-order valence-electron chi connectivity index (χ1n) is 12.3. The van der Waals surface area contributed by atoms with E-state index in [1.54, 1.807) is 49.4 Å². The maximum Gasteiger partial charge on any atom is 0.490 e. The van der Waals surface area contributed by atoms with Gasteiger partial charge < -0.3 is 20.3 Å². The van der Waals surface area contributed by atoms with Crippen LogP contribution in [0.25, 0.3) is 0 Å². The van der Waals surface area contributed by atoms with Gasteiger partial charge >= 0.3 is 12.1 Å². The van der Waals surface area contributed by atoms with Crippen LogP contribution in [0.5, 0.6) is 11.5 Å². The lowest BCUT2D eigenvalue weighted by molar-refractivity contribution is -0.192. The van der Waals surface area contributed by atoms with Gasteiger partial charge in [0.25, 0.3) is 11.8 Å². The third kappa shape index (κ3) is 9.04. The smallest absolute Gasteiger partial charge is 0.490 e. The van der Waals surface area contributed by atoms with Crippen LogP contribution in [0, 0.1) is 0 Å². The van der Waals surface area contributed by atoms with E-state index in [9.17, 15) is 32.3 Å². The molecule has 0 saturated carbocycles. The number of carboxylic acids is 1. The minimum atomic E-state index is -5.08. The van der Waals surface area contributed by atoms with Gasteiger partial charge in [-0.3, -0.25) is 29.4 Å². The number of carboxylic acid groups (broad SMARTS) is 1. The Morgan fingerprint density at radius 1 is 1.02 bits per heavy atom. The molecule has 1 aliphatic heterocycles. The van der Waals surface area contributed by atoms with Crippen molar-refractivity contribution < 1.29 is 51.7 Å². The lowest BCUT2D eigenvalue weighted by atomic mass is 10.1. The van der Waals surface area contributed by atoms with Gasteiger partial charge in [0.15, 0.2) is 23.2 Å². The van der Waals surface area contributed by atoms with Crippen molar-refractivity contribution in [2.75, 3.05) is 20.8 Å². The van der Waals surface area contributed by atoms with E-state index in [0.717, 1.165) is 4.90 Å². The van der Waals surface area contributed by atoms with Crippen LogP contribution >= 0.6 is 0 Å². The van der Waals surface area contributed by atoms with Crippen LogP contribution in [-0.4, -0.2) is 78.4 Å². The number of methoxy groups -OCH3 is 2. The number of ketones is 1. The number of Topliss-reactive ketones (excluding diaryl/α,β-unsaturated/α-hetero) is 1. The van der Waals surface area contributed by atoms with E-state index in [1.807, 2.05) is 0 Å². The Kier molecular flexibility index (Phi) is 11.6. The molecule has 1 atom stereocenters. The molecule has 15 heteroatoms. The first-order chi connectivity index (χ1) is 19.7. The molecule has 2 aromatic rings. The fraction of sp³-hybridized carbons (Fsp3) is 0.333. The highest BCUT2D eigenvalue weighted by Gasteiger charge is 2.38. The van der Waals surface area contributed by atoms with Crippen molar-refractivity contribution in [3.63, 3.8) is 0 Å². The average Bonchev–Trinajstić information content (AvgIpc) is 3.17. The summed E-state index contributed by atoms with van der Waals surface area (Å²) >= 11 is 0. The largest absolute Gasteiger partial charge is 0.493 e. The molecule has 3 rings (SSSR count). The molecule has 42 heavy (non-hydrogen) atoms. The van der Waals surface area contributed by atoms with Gasteiger partial charge in [-0.15, -0.1) is 0 Å². The molecule has 0 radical (unpaired) electrons. The number of ether oxygens (including phenoxy) is 2. The van der Waals surface area contributed by atoms with Crippen LogP contribution in [0.2, 0.25) is 0 Å². The Labute approximate surface area is 238 Å². The number of carbonyl (C=O) groups excluding carboxylic acids is 4. The monoisotopic (exact) mass is 594 g/mol. The second-order valence-corrected chi connectivity index (χ2v) is 8.78. The molecule has 3 amide bonds. The van der Waals surface area contributed by atoms with E-state index in [2.05, 4.69) is 10.3 Å². The number of nitrogens with one attached hydrogen (secondary N) is 1. The quantitative estimate of drug-likeness (QED) is 0.212. The molecule has 1 aliphatic rings. The molecule has 4 N–H and O–H groups in total. The SMILES string of the molecule is COc1ccc(CC(=O)NC(N)=N[C@H](C)C(=O)CCCN2C(=O)c3ccccc3C2=O)cc1OC.O=C(O)C(F)(F)F. The van der Waals surface area contributed by atoms with Crippen molar-refractivity contribution in [3.05, 3.63) is 59.2 Å². The summed E-state index contributed by atoms with van der Waals surface area (Å²) in [7, 11) is 3.03.